The first-order chi connectivity index (χ1) is 19.4. The van der Waals surface area contributed by atoms with Gasteiger partial charge in [-0.15, -0.1) is 10.2 Å². The predicted octanol–water partition coefficient (Wildman–Crippen LogP) is 5.42. The predicted molar refractivity (Wildman–Crippen MR) is 154 cm³/mol. The first kappa shape index (κ1) is 25.5. The molecule has 0 radical (unpaired) electrons. The Bertz CT molecular complexity index is 1780. The summed E-state index contributed by atoms with van der Waals surface area (Å²) in [4.78, 5) is 9.72. The van der Waals surface area contributed by atoms with Gasteiger partial charge in [-0.3, -0.25) is 4.68 Å². The van der Waals surface area contributed by atoms with Gasteiger partial charge in [0.1, 0.15) is 17.0 Å². The van der Waals surface area contributed by atoms with Crippen molar-refractivity contribution >= 4 is 11.2 Å². The number of fused-ring (bicyclic) bond motifs is 1. The minimum Gasteiger partial charge on any atom is -0.308 e. The van der Waals surface area contributed by atoms with Gasteiger partial charge in [0.05, 0.1) is 12.7 Å². The van der Waals surface area contributed by atoms with E-state index < -0.39 is 0 Å². The number of aryl methyl sites for hydroxylation is 3. The molecular formula is C30H32N10. The summed E-state index contributed by atoms with van der Waals surface area (Å²) in [7, 11) is 0. The third-order valence-corrected chi connectivity index (χ3v) is 7.03. The van der Waals surface area contributed by atoms with Crippen LogP contribution in [0.1, 0.15) is 43.4 Å². The summed E-state index contributed by atoms with van der Waals surface area (Å²) in [5.41, 5.74) is 10.1. The summed E-state index contributed by atoms with van der Waals surface area (Å²) in [5.74, 6) is 2.14. The number of benzene rings is 2. The number of imidazole rings is 1. The second kappa shape index (κ2) is 10.4. The molecular weight excluding hydrogens is 500 g/mol. The summed E-state index contributed by atoms with van der Waals surface area (Å²) in [6.07, 6.45) is 2.84. The van der Waals surface area contributed by atoms with Crippen LogP contribution >= 0.6 is 0 Å². The smallest absolute Gasteiger partial charge is 0.180 e. The number of hydrogen-bond acceptors (Lipinski definition) is 7. The Labute approximate surface area is 232 Å². The Balaban J connectivity index is 1.36. The number of nitrogens with one attached hydrogen (secondary N) is 1. The van der Waals surface area contributed by atoms with Crippen molar-refractivity contribution in [1.29, 1.82) is 0 Å². The molecule has 0 bridgehead atoms. The molecule has 1 N–H and O–H groups in total. The number of tetrazole rings is 1. The minimum atomic E-state index is 0.488. The van der Waals surface area contributed by atoms with Crippen molar-refractivity contribution in [2.24, 2.45) is 5.92 Å². The average Bonchev–Trinajstić information content (AvgIpc) is 3.70. The van der Waals surface area contributed by atoms with Crippen molar-refractivity contribution in [1.82, 2.24) is 50.2 Å². The van der Waals surface area contributed by atoms with Gasteiger partial charge in [0.15, 0.2) is 11.5 Å². The van der Waals surface area contributed by atoms with Gasteiger partial charge in [-0.05, 0) is 70.6 Å². The second-order valence-electron chi connectivity index (χ2n) is 10.6. The monoisotopic (exact) mass is 532 g/mol. The number of aromatic nitrogens is 10. The molecule has 40 heavy (non-hydrogen) atoms. The Morgan fingerprint density at radius 1 is 0.900 bits per heavy atom. The molecule has 0 spiro atoms. The third kappa shape index (κ3) is 4.88. The van der Waals surface area contributed by atoms with Crippen LogP contribution in [0.2, 0.25) is 0 Å². The molecule has 0 atom stereocenters. The van der Waals surface area contributed by atoms with Crippen LogP contribution in [0.4, 0.5) is 0 Å². The van der Waals surface area contributed by atoms with E-state index in [1.165, 1.54) is 5.56 Å². The normalized spacial score (nSPS) is 11.7. The van der Waals surface area contributed by atoms with Gasteiger partial charge in [0.2, 0.25) is 0 Å². The van der Waals surface area contributed by atoms with Crippen LogP contribution in [0.15, 0.2) is 54.7 Å². The number of pyridine rings is 1. The number of H-pyrrole nitrogens is 1. The highest BCUT2D eigenvalue weighted by Gasteiger charge is 2.16. The zero-order valence-corrected chi connectivity index (χ0v) is 23.4. The molecule has 0 aliphatic rings. The van der Waals surface area contributed by atoms with E-state index in [2.05, 4.69) is 99.6 Å². The van der Waals surface area contributed by atoms with E-state index in [-0.39, 0.29) is 0 Å². The maximum atomic E-state index is 4.89. The van der Waals surface area contributed by atoms with Gasteiger partial charge in [-0.2, -0.15) is 0 Å². The van der Waals surface area contributed by atoms with Crippen LogP contribution in [0.3, 0.4) is 0 Å². The molecule has 0 aliphatic carbocycles. The molecule has 10 nitrogen and oxygen atoms in total. The number of rotatable bonds is 8. The topological polar surface area (TPSA) is 116 Å². The number of nitrogens with zero attached hydrogens (tertiary/aromatic N) is 9. The standard InChI is InChI=1S/C30H32N10/c1-6-27-32-28-19(4)13-20(5)31-30(28)40(27)16-21-7-9-22(10-8-21)25-14-23(11-12-24(25)29-34-36-37-35-29)26-17-39(38-33-26)15-18(2)3/h7-14,17-18H,6,15-16H2,1-5H3,(H,34,35,36,37). The molecule has 0 aliphatic heterocycles. The summed E-state index contributed by atoms with van der Waals surface area (Å²) in [6.45, 7) is 12.1. The Morgan fingerprint density at radius 3 is 2.42 bits per heavy atom. The maximum Gasteiger partial charge on any atom is 0.180 e. The summed E-state index contributed by atoms with van der Waals surface area (Å²) < 4.78 is 4.13. The lowest BCUT2D eigenvalue weighted by atomic mass is 9.95. The van der Waals surface area contributed by atoms with Crippen molar-refractivity contribution in [2.75, 3.05) is 0 Å². The molecule has 0 saturated heterocycles. The quantitative estimate of drug-likeness (QED) is 0.278. The first-order valence-corrected chi connectivity index (χ1v) is 13.6. The lowest BCUT2D eigenvalue weighted by molar-refractivity contribution is 0.472. The van der Waals surface area contributed by atoms with E-state index in [9.17, 15) is 0 Å². The van der Waals surface area contributed by atoms with E-state index in [4.69, 9.17) is 9.97 Å². The highest BCUT2D eigenvalue weighted by Crippen LogP contribution is 2.34. The SMILES string of the molecule is CCc1nc2c(C)cc(C)nc2n1Cc1ccc(-c2cc(-c3cn(CC(C)C)nn3)ccc2-c2nnn[nH]2)cc1. The minimum absolute atomic E-state index is 0.488. The molecule has 6 aromatic rings. The summed E-state index contributed by atoms with van der Waals surface area (Å²) in [6, 6.07) is 16.9. The fraction of sp³-hybridized carbons (Fsp3) is 0.300. The molecule has 4 aromatic heterocycles. The molecule has 202 valence electrons. The zero-order valence-electron chi connectivity index (χ0n) is 23.4. The van der Waals surface area contributed by atoms with Crippen molar-refractivity contribution in [3.63, 3.8) is 0 Å². The average molecular weight is 533 g/mol. The van der Waals surface area contributed by atoms with Gasteiger partial charge in [-0.1, -0.05) is 56.3 Å². The van der Waals surface area contributed by atoms with Crippen LogP contribution in [-0.2, 0) is 19.5 Å². The highest BCUT2D eigenvalue weighted by atomic mass is 15.5. The van der Waals surface area contributed by atoms with E-state index in [0.717, 1.165) is 69.2 Å². The second-order valence-corrected chi connectivity index (χ2v) is 10.6. The maximum absolute atomic E-state index is 4.89. The number of aromatic amines is 1. The van der Waals surface area contributed by atoms with E-state index in [0.29, 0.717) is 18.3 Å². The zero-order chi connectivity index (χ0) is 27.8. The van der Waals surface area contributed by atoms with Crippen LogP contribution in [0, 0.1) is 19.8 Å². The third-order valence-electron chi connectivity index (χ3n) is 7.03. The molecule has 6 rings (SSSR count). The Hall–Kier alpha value is -4.73. The molecule has 10 heteroatoms. The van der Waals surface area contributed by atoms with Gasteiger partial charge >= 0.3 is 0 Å². The van der Waals surface area contributed by atoms with Crippen LogP contribution in [0.25, 0.3) is 44.9 Å². The fourth-order valence-electron chi connectivity index (χ4n) is 5.17. The molecule has 0 amide bonds. The van der Waals surface area contributed by atoms with Crippen molar-refractivity contribution in [2.45, 2.75) is 54.1 Å². The van der Waals surface area contributed by atoms with E-state index in [1.807, 2.05) is 29.9 Å². The van der Waals surface area contributed by atoms with Crippen molar-refractivity contribution in [3.05, 3.63) is 77.4 Å². The molecule has 0 fully saturated rings. The van der Waals surface area contributed by atoms with E-state index >= 15 is 0 Å². The number of hydrogen-bond donors (Lipinski definition) is 1. The van der Waals surface area contributed by atoms with Crippen LogP contribution < -0.4 is 0 Å². The van der Waals surface area contributed by atoms with Gasteiger partial charge in [0, 0.05) is 29.8 Å². The van der Waals surface area contributed by atoms with E-state index in [1.54, 1.807) is 0 Å². The lowest BCUT2D eigenvalue weighted by Crippen LogP contribution is -2.05. The van der Waals surface area contributed by atoms with Gasteiger partial charge < -0.3 is 4.57 Å². The summed E-state index contributed by atoms with van der Waals surface area (Å²) >= 11 is 0. The lowest BCUT2D eigenvalue weighted by Gasteiger charge is -2.12. The van der Waals surface area contributed by atoms with Crippen LogP contribution in [0.5, 0.6) is 0 Å². The van der Waals surface area contributed by atoms with Crippen molar-refractivity contribution < 1.29 is 0 Å². The van der Waals surface area contributed by atoms with Crippen LogP contribution in [-0.4, -0.2) is 50.2 Å². The highest BCUT2D eigenvalue weighted by molar-refractivity contribution is 5.84. The molecule has 4 heterocycles. The largest absolute Gasteiger partial charge is 0.308 e. The Morgan fingerprint density at radius 2 is 1.70 bits per heavy atom. The van der Waals surface area contributed by atoms with Gasteiger partial charge in [0.25, 0.3) is 0 Å². The first-order valence-electron chi connectivity index (χ1n) is 13.6. The molecule has 2 aromatic carbocycles. The van der Waals surface area contributed by atoms with Gasteiger partial charge in [-0.25, -0.2) is 15.1 Å². The summed E-state index contributed by atoms with van der Waals surface area (Å²) in [5, 5.41) is 23.4. The Kier molecular flexibility index (Phi) is 6.67. The molecule has 0 unspecified atom stereocenters. The fourth-order valence-corrected chi connectivity index (χ4v) is 5.17. The van der Waals surface area contributed by atoms with Crippen molar-refractivity contribution in [3.8, 4) is 33.8 Å². The molecule has 0 saturated carbocycles.